The monoisotopic (exact) mass is 339 g/mol. The van der Waals surface area contributed by atoms with Gasteiger partial charge in [-0.25, -0.2) is 13.1 Å². The van der Waals surface area contributed by atoms with Crippen molar-refractivity contribution in [2.75, 3.05) is 6.61 Å². The number of hydrogen-bond acceptors (Lipinski definition) is 3. The molecule has 2 rings (SSSR count). The van der Waals surface area contributed by atoms with E-state index in [1.165, 1.54) is 6.42 Å². The van der Waals surface area contributed by atoms with Gasteiger partial charge >= 0.3 is 0 Å². The van der Waals surface area contributed by atoms with Gasteiger partial charge in [-0.15, -0.1) is 0 Å². The lowest BCUT2D eigenvalue weighted by Crippen LogP contribution is -2.41. The van der Waals surface area contributed by atoms with E-state index in [2.05, 4.69) is 11.6 Å². The van der Waals surface area contributed by atoms with Gasteiger partial charge in [0, 0.05) is 6.04 Å². The first-order chi connectivity index (χ1) is 10.8. The first-order valence-electron chi connectivity index (χ1n) is 8.64. The summed E-state index contributed by atoms with van der Waals surface area (Å²) in [6.45, 7) is 8.73. The Kier molecular flexibility index (Phi) is 6.09. The summed E-state index contributed by atoms with van der Waals surface area (Å²) in [6.07, 6.45) is 4.31. The van der Waals surface area contributed by atoms with Gasteiger partial charge in [-0.2, -0.15) is 0 Å². The van der Waals surface area contributed by atoms with Crippen molar-refractivity contribution in [1.29, 1.82) is 0 Å². The average Bonchev–Trinajstić information content (AvgIpc) is 2.50. The molecule has 23 heavy (non-hydrogen) atoms. The Bertz CT molecular complexity index is 625. The highest BCUT2D eigenvalue weighted by Gasteiger charge is 2.27. The van der Waals surface area contributed by atoms with E-state index < -0.39 is 10.0 Å². The largest absolute Gasteiger partial charge is 0.494 e. The fourth-order valence-corrected chi connectivity index (χ4v) is 4.60. The van der Waals surface area contributed by atoms with Crippen LogP contribution >= 0.6 is 0 Å². The van der Waals surface area contributed by atoms with Crippen LogP contribution in [0.25, 0.3) is 0 Å². The first kappa shape index (κ1) is 18.3. The minimum Gasteiger partial charge on any atom is -0.494 e. The first-order valence-corrected chi connectivity index (χ1v) is 10.1. The van der Waals surface area contributed by atoms with Crippen molar-refractivity contribution in [1.82, 2.24) is 4.72 Å². The molecule has 1 aliphatic rings. The van der Waals surface area contributed by atoms with Gasteiger partial charge in [0.25, 0.3) is 0 Å². The predicted octanol–water partition coefficient (Wildman–Crippen LogP) is 4.07. The molecule has 0 aromatic heterocycles. The lowest BCUT2D eigenvalue weighted by Gasteiger charge is -2.29. The van der Waals surface area contributed by atoms with Crippen LogP contribution in [0.1, 0.15) is 64.9 Å². The van der Waals surface area contributed by atoms with Crippen LogP contribution in [0, 0.1) is 5.92 Å². The van der Waals surface area contributed by atoms with Crippen LogP contribution in [-0.4, -0.2) is 21.1 Å². The van der Waals surface area contributed by atoms with E-state index in [0.29, 0.717) is 17.4 Å². The van der Waals surface area contributed by atoms with Gasteiger partial charge in [-0.05, 0) is 55.4 Å². The fourth-order valence-electron chi connectivity index (χ4n) is 3.19. The van der Waals surface area contributed by atoms with Crippen LogP contribution in [0.5, 0.6) is 5.75 Å². The Labute approximate surface area is 140 Å². The lowest BCUT2D eigenvalue weighted by molar-refractivity contribution is 0.310. The molecule has 0 spiro atoms. The van der Waals surface area contributed by atoms with Gasteiger partial charge in [-0.1, -0.05) is 33.6 Å². The van der Waals surface area contributed by atoms with Crippen LogP contribution in [-0.2, 0) is 10.0 Å². The molecule has 1 aromatic carbocycles. The van der Waals surface area contributed by atoms with E-state index in [1.807, 2.05) is 20.8 Å². The molecule has 2 unspecified atom stereocenters. The smallest absolute Gasteiger partial charge is 0.240 e. The van der Waals surface area contributed by atoms with E-state index in [0.717, 1.165) is 30.6 Å². The summed E-state index contributed by atoms with van der Waals surface area (Å²) in [6, 6.07) is 5.22. The van der Waals surface area contributed by atoms with Crippen molar-refractivity contribution < 1.29 is 13.2 Å². The Morgan fingerprint density at radius 2 is 1.96 bits per heavy atom. The standard InChI is InChI=1S/C18H29NO3S/c1-5-22-18-11-10-15(12-16(18)13(2)3)23(20,21)19-17-9-7-6-8-14(17)4/h10-14,17,19H,5-9H2,1-4H3. The Hall–Kier alpha value is -1.07. The van der Waals surface area contributed by atoms with Crippen LogP contribution in [0.15, 0.2) is 23.1 Å². The van der Waals surface area contributed by atoms with Gasteiger partial charge in [0.15, 0.2) is 0 Å². The summed E-state index contributed by atoms with van der Waals surface area (Å²) in [5, 5.41) is 0. The molecule has 2 atom stereocenters. The molecule has 0 heterocycles. The van der Waals surface area contributed by atoms with Crippen molar-refractivity contribution in [3.8, 4) is 5.75 Å². The number of ether oxygens (including phenoxy) is 1. The molecule has 4 nitrogen and oxygen atoms in total. The second-order valence-corrected chi connectivity index (χ2v) is 8.49. The van der Waals surface area contributed by atoms with Gasteiger partial charge in [0.2, 0.25) is 10.0 Å². The third kappa shape index (κ3) is 4.48. The average molecular weight is 340 g/mol. The summed E-state index contributed by atoms with van der Waals surface area (Å²) >= 11 is 0. The number of benzene rings is 1. The van der Waals surface area contributed by atoms with E-state index >= 15 is 0 Å². The molecule has 1 N–H and O–H groups in total. The summed E-state index contributed by atoms with van der Waals surface area (Å²) in [7, 11) is -3.49. The molecule has 1 saturated carbocycles. The van der Waals surface area contributed by atoms with E-state index in [9.17, 15) is 8.42 Å². The molecule has 5 heteroatoms. The molecule has 0 aliphatic heterocycles. The molecule has 1 aromatic rings. The zero-order valence-corrected chi connectivity index (χ0v) is 15.4. The number of sulfonamides is 1. The molecule has 0 radical (unpaired) electrons. The lowest BCUT2D eigenvalue weighted by atomic mass is 9.87. The van der Waals surface area contributed by atoms with Crippen molar-refractivity contribution in [3.63, 3.8) is 0 Å². The van der Waals surface area contributed by atoms with Gasteiger partial charge in [-0.3, -0.25) is 0 Å². The fraction of sp³-hybridized carbons (Fsp3) is 0.667. The maximum atomic E-state index is 12.7. The van der Waals surface area contributed by atoms with Crippen LogP contribution in [0.4, 0.5) is 0 Å². The molecular weight excluding hydrogens is 310 g/mol. The van der Waals surface area contributed by atoms with Crippen LogP contribution in [0.2, 0.25) is 0 Å². The quantitative estimate of drug-likeness (QED) is 0.850. The van der Waals surface area contributed by atoms with E-state index in [-0.39, 0.29) is 12.0 Å². The van der Waals surface area contributed by atoms with Crippen LogP contribution in [0.3, 0.4) is 0 Å². The molecule has 1 fully saturated rings. The van der Waals surface area contributed by atoms with Crippen LogP contribution < -0.4 is 9.46 Å². The number of rotatable bonds is 6. The maximum absolute atomic E-state index is 12.7. The van der Waals surface area contributed by atoms with Crippen molar-refractivity contribution in [2.24, 2.45) is 5.92 Å². The molecule has 130 valence electrons. The molecule has 1 aliphatic carbocycles. The SMILES string of the molecule is CCOc1ccc(S(=O)(=O)NC2CCCCC2C)cc1C(C)C. The molecule has 0 amide bonds. The summed E-state index contributed by atoms with van der Waals surface area (Å²) < 4.78 is 34.0. The second kappa shape index (κ2) is 7.67. The normalized spacial score (nSPS) is 22.3. The third-order valence-electron chi connectivity index (χ3n) is 4.63. The highest BCUT2D eigenvalue weighted by atomic mass is 32.2. The topological polar surface area (TPSA) is 55.4 Å². The van der Waals surface area contributed by atoms with Crippen molar-refractivity contribution >= 4 is 10.0 Å². The van der Waals surface area contributed by atoms with E-state index in [4.69, 9.17) is 4.74 Å². The summed E-state index contributed by atoms with van der Waals surface area (Å²) in [4.78, 5) is 0.336. The summed E-state index contributed by atoms with van der Waals surface area (Å²) in [5.41, 5.74) is 0.936. The van der Waals surface area contributed by atoms with Gasteiger partial charge in [0.05, 0.1) is 11.5 Å². The highest BCUT2D eigenvalue weighted by Crippen LogP contribution is 2.30. The zero-order chi connectivity index (χ0) is 17.0. The minimum absolute atomic E-state index is 0.0443. The molecular formula is C18H29NO3S. The Morgan fingerprint density at radius 3 is 2.57 bits per heavy atom. The Morgan fingerprint density at radius 1 is 1.26 bits per heavy atom. The van der Waals surface area contributed by atoms with Crippen molar-refractivity contribution in [2.45, 2.75) is 70.2 Å². The van der Waals surface area contributed by atoms with Gasteiger partial charge < -0.3 is 4.74 Å². The Balaban J connectivity index is 2.26. The molecule has 0 saturated heterocycles. The maximum Gasteiger partial charge on any atom is 0.240 e. The van der Waals surface area contributed by atoms with Gasteiger partial charge in [0.1, 0.15) is 5.75 Å². The molecule has 0 bridgehead atoms. The second-order valence-electron chi connectivity index (χ2n) is 6.78. The zero-order valence-electron chi connectivity index (χ0n) is 14.6. The van der Waals surface area contributed by atoms with Crippen molar-refractivity contribution in [3.05, 3.63) is 23.8 Å². The summed E-state index contributed by atoms with van der Waals surface area (Å²) in [5.74, 6) is 1.37. The highest BCUT2D eigenvalue weighted by molar-refractivity contribution is 7.89. The predicted molar refractivity (Wildman–Crippen MR) is 93.4 cm³/mol. The number of hydrogen-bond donors (Lipinski definition) is 1. The minimum atomic E-state index is -3.49. The number of nitrogens with one attached hydrogen (secondary N) is 1. The third-order valence-corrected chi connectivity index (χ3v) is 6.12. The van der Waals surface area contributed by atoms with E-state index in [1.54, 1.807) is 18.2 Å².